The molecule has 4 unspecified atom stereocenters. The zero-order valence-corrected chi connectivity index (χ0v) is 31.7. The smallest absolute Gasteiger partial charge is 0.408 e. The number of hydrogen-bond donors (Lipinski definition) is 3. The van der Waals surface area contributed by atoms with E-state index in [1.807, 2.05) is 11.8 Å². The van der Waals surface area contributed by atoms with Crippen LogP contribution in [-0.2, 0) is 15.6 Å². The van der Waals surface area contributed by atoms with Crippen LogP contribution in [0.25, 0.3) is 11.3 Å². The standard InChI is InChI=1S/C37H48F3N5O5Si/c1-20-18-45(19-27(33(20)46)44-35(48)49-36(2,3)4)32-21-13-16-28(50-51(8,9)37(5,6)7)30(21)41-17-26(32)43-34(47)25-15-14-24(40)31(42-25)29-22(38)11-10-12-23(29)39/h10-12,14-15,17,20,27-28,33,46H,13,16,18-19H2,1-9H3,(H,43,47)(H,44,48). The van der Waals surface area contributed by atoms with E-state index in [0.717, 1.165) is 41.6 Å². The van der Waals surface area contributed by atoms with Crippen LogP contribution < -0.4 is 15.5 Å². The van der Waals surface area contributed by atoms with Gasteiger partial charge in [-0.25, -0.2) is 22.9 Å². The number of ether oxygens (including phenoxy) is 1. The second-order valence-corrected chi connectivity index (χ2v) is 20.7. The van der Waals surface area contributed by atoms with Crippen LogP contribution in [0.2, 0.25) is 18.1 Å². The third-order valence-corrected chi connectivity index (χ3v) is 14.3. The molecule has 1 saturated heterocycles. The first-order valence-corrected chi connectivity index (χ1v) is 20.1. The van der Waals surface area contributed by atoms with E-state index in [0.29, 0.717) is 30.8 Å². The van der Waals surface area contributed by atoms with Crippen molar-refractivity contribution in [2.45, 2.75) is 103 Å². The molecule has 3 N–H and O–H groups in total. The number of piperidine rings is 1. The Labute approximate surface area is 298 Å². The average Bonchev–Trinajstić information content (AvgIpc) is 3.40. The van der Waals surface area contributed by atoms with Crippen molar-refractivity contribution in [3.63, 3.8) is 0 Å². The van der Waals surface area contributed by atoms with Gasteiger partial charge in [-0.3, -0.25) is 9.78 Å². The minimum Gasteiger partial charge on any atom is -0.444 e. The Balaban J connectivity index is 1.54. The maximum Gasteiger partial charge on any atom is 0.408 e. The van der Waals surface area contributed by atoms with Gasteiger partial charge in [-0.1, -0.05) is 33.8 Å². The molecule has 10 nitrogen and oxygen atoms in total. The molecule has 3 aromatic rings. The summed E-state index contributed by atoms with van der Waals surface area (Å²) in [7, 11) is -2.20. The topological polar surface area (TPSA) is 126 Å². The van der Waals surface area contributed by atoms with Gasteiger partial charge in [-0.2, -0.15) is 0 Å². The van der Waals surface area contributed by atoms with E-state index in [1.165, 1.54) is 6.20 Å². The number of carbonyl (C=O) groups excluding carboxylic acids is 2. The number of rotatable bonds is 7. The second-order valence-electron chi connectivity index (χ2n) is 16.0. The first-order valence-electron chi connectivity index (χ1n) is 17.2. The molecule has 2 aliphatic rings. The Bertz CT molecular complexity index is 1790. The van der Waals surface area contributed by atoms with Crippen LogP contribution in [0.4, 0.5) is 29.3 Å². The van der Waals surface area contributed by atoms with Crippen molar-refractivity contribution in [3.05, 3.63) is 70.9 Å². The highest BCUT2D eigenvalue weighted by molar-refractivity contribution is 6.74. The first-order chi connectivity index (χ1) is 23.7. The number of carbonyl (C=O) groups is 2. The molecule has 276 valence electrons. The number of alkyl carbamates (subject to hydrolysis) is 1. The molecule has 1 fully saturated rings. The lowest BCUT2D eigenvalue weighted by Crippen LogP contribution is -2.59. The highest BCUT2D eigenvalue weighted by Crippen LogP contribution is 2.47. The predicted octanol–water partition coefficient (Wildman–Crippen LogP) is 7.53. The minimum absolute atomic E-state index is 0.0436. The number of anilines is 2. The van der Waals surface area contributed by atoms with E-state index in [1.54, 1.807) is 20.8 Å². The zero-order valence-electron chi connectivity index (χ0n) is 30.7. The van der Waals surface area contributed by atoms with Gasteiger partial charge in [-0.05, 0) is 76.0 Å². The number of amides is 2. The van der Waals surface area contributed by atoms with Crippen molar-refractivity contribution in [3.8, 4) is 11.3 Å². The summed E-state index contributed by atoms with van der Waals surface area (Å²) in [4.78, 5) is 37.4. The average molecular weight is 728 g/mol. The fraction of sp³-hybridized carbons (Fsp3) is 0.514. The largest absolute Gasteiger partial charge is 0.444 e. The molecule has 0 spiro atoms. The summed E-state index contributed by atoms with van der Waals surface area (Å²) < 4.78 is 56.4. The van der Waals surface area contributed by atoms with E-state index >= 15 is 0 Å². The van der Waals surface area contributed by atoms with E-state index in [2.05, 4.69) is 49.5 Å². The van der Waals surface area contributed by atoms with Crippen molar-refractivity contribution >= 4 is 31.7 Å². The van der Waals surface area contributed by atoms with Crippen LogP contribution in [0.5, 0.6) is 0 Å². The molecular formula is C37H48F3N5O5Si. The molecule has 1 aliphatic heterocycles. The molecule has 14 heteroatoms. The molecule has 1 aliphatic carbocycles. The van der Waals surface area contributed by atoms with Gasteiger partial charge >= 0.3 is 6.09 Å². The normalized spacial score (nSPS) is 20.9. The lowest BCUT2D eigenvalue weighted by atomic mass is 9.91. The van der Waals surface area contributed by atoms with Gasteiger partial charge < -0.3 is 29.8 Å². The predicted molar refractivity (Wildman–Crippen MR) is 192 cm³/mol. The van der Waals surface area contributed by atoms with Gasteiger partial charge in [-0.15, -0.1) is 0 Å². The van der Waals surface area contributed by atoms with E-state index in [4.69, 9.17) is 14.1 Å². The first kappa shape index (κ1) is 38.2. The van der Waals surface area contributed by atoms with Crippen molar-refractivity contribution in [2.24, 2.45) is 5.92 Å². The van der Waals surface area contributed by atoms with Crippen LogP contribution in [0.15, 0.2) is 36.5 Å². The summed E-state index contributed by atoms with van der Waals surface area (Å²) in [6.07, 6.45) is 0.973. The lowest BCUT2D eigenvalue weighted by molar-refractivity contribution is 0.0303. The highest BCUT2D eigenvalue weighted by atomic mass is 28.4. The van der Waals surface area contributed by atoms with Crippen LogP contribution in [-0.4, -0.2) is 66.2 Å². The number of aliphatic hydroxyl groups is 1. The number of hydrogen-bond acceptors (Lipinski definition) is 8. The van der Waals surface area contributed by atoms with Gasteiger partial charge in [0.2, 0.25) is 0 Å². The molecule has 0 bridgehead atoms. The van der Waals surface area contributed by atoms with Gasteiger partial charge in [0.05, 0.1) is 47.1 Å². The van der Waals surface area contributed by atoms with Crippen molar-refractivity contribution in [1.82, 2.24) is 15.3 Å². The number of benzene rings is 1. The van der Waals surface area contributed by atoms with Crippen molar-refractivity contribution in [2.75, 3.05) is 23.3 Å². The van der Waals surface area contributed by atoms with Gasteiger partial charge in [0.25, 0.3) is 5.91 Å². The van der Waals surface area contributed by atoms with E-state index < -0.39 is 66.8 Å². The fourth-order valence-electron chi connectivity index (χ4n) is 6.29. The summed E-state index contributed by atoms with van der Waals surface area (Å²) in [5, 5.41) is 16.8. The number of aromatic nitrogens is 2. The number of nitrogens with one attached hydrogen (secondary N) is 2. The summed E-state index contributed by atoms with van der Waals surface area (Å²) >= 11 is 0. The molecular weight excluding hydrogens is 680 g/mol. The van der Waals surface area contributed by atoms with Gasteiger partial charge in [0.15, 0.2) is 8.32 Å². The second kappa shape index (κ2) is 14.2. The Kier molecular flexibility index (Phi) is 10.6. The molecule has 4 atom stereocenters. The van der Waals surface area contributed by atoms with E-state index in [-0.39, 0.29) is 29.3 Å². The van der Waals surface area contributed by atoms with Crippen molar-refractivity contribution in [1.29, 1.82) is 0 Å². The molecule has 51 heavy (non-hydrogen) atoms. The van der Waals surface area contributed by atoms with Crippen LogP contribution in [0.1, 0.15) is 82.7 Å². The molecule has 0 saturated carbocycles. The fourth-order valence-corrected chi connectivity index (χ4v) is 7.59. The molecule has 0 radical (unpaired) electrons. The van der Waals surface area contributed by atoms with Crippen LogP contribution in [0.3, 0.4) is 0 Å². The molecule has 1 aromatic carbocycles. The maximum absolute atomic E-state index is 14.9. The number of fused-ring (bicyclic) bond motifs is 1. The summed E-state index contributed by atoms with van der Waals surface area (Å²) in [6.45, 7) is 18.6. The lowest BCUT2D eigenvalue weighted by Gasteiger charge is -2.43. The Morgan fingerprint density at radius 3 is 2.29 bits per heavy atom. The Morgan fingerprint density at radius 2 is 1.67 bits per heavy atom. The number of aliphatic hydroxyl groups excluding tert-OH is 1. The molecule has 3 heterocycles. The van der Waals surface area contributed by atoms with Gasteiger partial charge in [0, 0.05) is 24.6 Å². The highest BCUT2D eigenvalue weighted by Gasteiger charge is 2.43. The quantitative estimate of drug-likeness (QED) is 0.213. The summed E-state index contributed by atoms with van der Waals surface area (Å²) in [6, 6.07) is 4.48. The third kappa shape index (κ3) is 8.23. The SMILES string of the molecule is CC1CN(c2c(NC(=O)c3ccc(F)c(-c4c(F)cccc4F)n3)cnc3c2CCC3O[Si](C)(C)C(C)(C)C)CC(NC(=O)OC(C)(C)C)C1O. The van der Waals surface area contributed by atoms with Crippen LogP contribution >= 0.6 is 0 Å². The third-order valence-electron chi connectivity index (χ3n) is 9.85. The van der Waals surface area contributed by atoms with Crippen molar-refractivity contribution < 1.29 is 37.0 Å². The molecule has 2 aromatic heterocycles. The molecule has 2 amide bonds. The number of halogens is 3. The minimum atomic E-state index is -2.20. The Hall–Kier alpha value is -4.01. The molecule has 5 rings (SSSR count). The monoisotopic (exact) mass is 727 g/mol. The van der Waals surface area contributed by atoms with Gasteiger partial charge in [0.1, 0.15) is 34.4 Å². The zero-order chi connectivity index (χ0) is 37.6. The number of pyridine rings is 2. The maximum atomic E-state index is 14.9. The van der Waals surface area contributed by atoms with E-state index in [9.17, 15) is 27.9 Å². The summed E-state index contributed by atoms with van der Waals surface area (Å²) in [5.41, 5.74) is 0.240. The van der Waals surface area contributed by atoms with Crippen LogP contribution in [0, 0.1) is 23.4 Å². The summed E-state index contributed by atoms with van der Waals surface area (Å²) in [5.74, 6) is -4.09. The number of nitrogens with zero attached hydrogens (tertiary/aromatic N) is 3. The Morgan fingerprint density at radius 1 is 1.00 bits per heavy atom.